The molecule has 0 aromatic rings. The van der Waals surface area contributed by atoms with Gasteiger partial charge in [-0.3, -0.25) is 9.59 Å². The van der Waals surface area contributed by atoms with E-state index in [4.69, 9.17) is 4.74 Å². The predicted octanol–water partition coefficient (Wildman–Crippen LogP) is 26.0. The van der Waals surface area contributed by atoms with Crippen LogP contribution in [0.1, 0.15) is 431 Å². The second kappa shape index (κ2) is 76.3. The van der Waals surface area contributed by atoms with Crippen molar-refractivity contribution in [3.63, 3.8) is 0 Å². The molecular formula is C81H153NO5. The summed E-state index contributed by atoms with van der Waals surface area (Å²) in [7, 11) is 0. The Balaban J connectivity index is 3.37. The molecule has 1 amide bonds. The number of unbranched alkanes of at least 4 members (excludes halogenated alkanes) is 57. The highest BCUT2D eigenvalue weighted by Gasteiger charge is 2.18. The molecule has 0 aromatic carbocycles. The molecule has 0 saturated carbocycles. The lowest BCUT2D eigenvalue weighted by molar-refractivity contribution is -0.143. The molecule has 0 fully saturated rings. The minimum atomic E-state index is -0.844. The Morgan fingerprint density at radius 2 is 0.598 bits per heavy atom. The van der Waals surface area contributed by atoms with Crippen molar-refractivity contribution in [1.82, 2.24) is 5.32 Å². The SMILES string of the molecule is CCC/C=C\C/C=C\CCCCCCCC(=O)OCCCCCCCCCCCCCCCC/C=C\CCCCCCCCCCCCCCCCCCCC(=O)NC(CO)C(O)/C=C/CCCCCCCCCCCCCCCCCCCCCC. The quantitative estimate of drug-likeness (QED) is 0.0320. The minimum Gasteiger partial charge on any atom is -0.466 e. The fraction of sp³-hybridized carbons (Fsp3) is 0.877. The van der Waals surface area contributed by atoms with Gasteiger partial charge in [0.15, 0.2) is 0 Å². The van der Waals surface area contributed by atoms with Gasteiger partial charge in [-0.1, -0.05) is 383 Å². The molecule has 87 heavy (non-hydrogen) atoms. The Hall–Kier alpha value is -2.18. The maximum Gasteiger partial charge on any atom is 0.305 e. The first kappa shape index (κ1) is 84.8. The van der Waals surface area contributed by atoms with Gasteiger partial charge in [0.05, 0.1) is 25.4 Å². The van der Waals surface area contributed by atoms with Gasteiger partial charge in [-0.25, -0.2) is 0 Å². The van der Waals surface area contributed by atoms with Crippen molar-refractivity contribution < 1.29 is 24.5 Å². The first-order valence-electron chi connectivity index (χ1n) is 39.4. The summed E-state index contributed by atoms with van der Waals surface area (Å²) in [6.45, 7) is 4.88. The van der Waals surface area contributed by atoms with Crippen LogP contribution >= 0.6 is 0 Å². The predicted molar refractivity (Wildman–Crippen MR) is 384 cm³/mol. The monoisotopic (exact) mass is 1220 g/mol. The van der Waals surface area contributed by atoms with E-state index in [2.05, 4.69) is 55.6 Å². The standard InChI is InChI=1S/C81H153NO5/c1-3-5-7-9-11-13-15-17-18-19-20-21-37-40-43-46-50-53-57-61-65-69-73-79(84)78(77-83)82-80(85)74-70-66-62-58-54-51-47-44-41-38-35-33-31-29-27-25-23-22-24-26-28-30-32-34-36-39-42-45-48-52-56-60-64-68-72-76-87-81(86)75-71-67-63-59-55-49-16-14-12-10-8-6-4-2/h8,10,14,16,24,26,69,73,78-79,83-84H,3-7,9,11-13,15,17-23,25,27-68,70-72,74-77H2,1-2H3,(H,82,85)/b10-8-,16-14-,26-24-,73-69+. The summed E-state index contributed by atoms with van der Waals surface area (Å²) in [6, 6.07) is -0.627. The molecule has 2 unspecified atom stereocenters. The molecular weight excluding hydrogens is 1070 g/mol. The van der Waals surface area contributed by atoms with Crippen LogP contribution in [0.25, 0.3) is 0 Å². The summed E-state index contributed by atoms with van der Waals surface area (Å²) in [6.07, 6.45) is 101. The highest BCUT2D eigenvalue weighted by atomic mass is 16.5. The van der Waals surface area contributed by atoms with Crippen LogP contribution in [0.3, 0.4) is 0 Å². The van der Waals surface area contributed by atoms with Crippen LogP contribution in [-0.4, -0.2) is 47.4 Å². The molecule has 0 saturated heterocycles. The minimum absolute atomic E-state index is 0.00486. The van der Waals surface area contributed by atoms with Crippen molar-refractivity contribution in [3.05, 3.63) is 48.6 Å². The van der Waals surface area contributed by atoms with Gasteiger partial charge in [0.1, 0.15) is 0 Å². The van der Waals surface area contributed by atoms with Gasteiger partial charge in [-0.15, -0.1) is 0 Å². The second-order valence-corrected chi connectivity index (χ2v) is 27.0. The van der Waals surface area contributed by atoms with E-state index in [1.807, 2.05) is 6.08 Å². The molecule has 2 atom stereocenters. The van der Waals surface area contributed by atoms with Gasteiger partial charge < -0.3 is 20.3 Å². The van der Waals surface area contributed by atoms with E-state index >= 15 is 0 Å². The topological polar surface area (TPSA) is 95.9 Å². The molecule has 0 spiro atoms. The van der Waals surface area contributed by atoms with Crippen LogP contribution in [0.15, 0.2) is 48.6 Å². The third-order valence-electron chi connectivity index (χ3n) is 18.3. The van der Waals surface area contributed by atoms with Crippen molar-refractivity contribution in [2.75, 3.05) is 13.2 Å². The number of nitrogens with one attached hydrogen (secondary N) is 1. The van der Waals surface area contributed by atoms with Gasteiger partial charge in [0.2, 0.25) is 5.91 Å². The zero-order valence-corrected chi connectivity index (χ0v) is 58.8. The number of esters is 1. The summed E-state index contributed by atoms with van der Waals surface area (Å²) in [5.74, 6) is -0.0552. The molecule has 6 heteroatoms. The first-order chi connectivity index (χ1) is 43.0. The van der Waals surface area contributed by atoms with E-state index in [9.17, 15) is 19.8 Å². The molecule has 0 bridgehead atoms. The van der Waals surface area contributed by atoms with Gasteiger partial charge in [0.25, 0.3) is 0 Å². The maximum absolute atomic E-state index is 12.5. The summed E-state index contributed by atoms with van der Waals surface area (Å²) >= 11 is 0. The van der Waals surface area contributed by atoms with Crippen molar-refractivity contribution in [3.8, 4) is 0 Å². The van der Waals surface area contributed by atoms with Gasteiger partial charge in [0, 0.05) is 12.8 Å². The molecule has 0 aliphatic heterocycles. The van der Waals surface area contributed by atoms with Crippen LogP contribution in [0.4, 0.5) is 0 Å². The van der Waals surface area contributed by atoms with Crippen LogP contribution in [-0.2, 0) is 14.3 Å². The largest absolute Gasteiger partial charge is 0.466 e. The van der Waals surface area contributed by atoms with Crippen LogP contribution in [0.5, 0.6) is 0 Å². The van der Waals surface area contributed by atoms with E-state index in [1.54, 1.807) is 6.08 Å². The Kier molecular flexibility index (Phi) is 74.4. The van der Waals surface area contributed by atoms with Crippen LogP contribution in [0, 0.1) is 0 Å². The number of rotatable bonds is 74. The third kappa shape index (κ3) is 72.8. The number of aliphatic hydroxyl groups excluding tert-OH is 2. The van der Waals surface area contributed by atoms with Crippen molar-refractivity contribution in [1.29, 1.82) is 0 Å². The summed E-state index contributed by atoms with van der Waals surface area (Å²) in [4.78, 5) is 24.6. The van der Waals surface area contributed by atoms with E-state index < -0.39 is 12.1 Å². The Morgan fingerprint density at radius 3 is 0.931 bits per heavy atom. The summed E-state index contributed by atoms with van der Waals surface area (Å²) in [5.41, 5.74) is 0. The molecule has 3 N–H and O–H groups in total. The fourth-order valence-corrected chi connectivity index (χ4v) is 12.3. The molecule has 512 valence electrons. The van der Waals surface area contributed by atoms with E-state index in [1.165, 1.54) is 353 Å². The highest BCUT2D eigenvalue weighted by Crippen LogP contribution is 2.19. The van der Waals surface area contributed by atoms with Gasteiger partial charge >= 0.3 is 5.97 Å². The second-order valence-electron chi connectivity index (χ2n) is 27.0. The number of allylic oxidation sites excluding steroid dienone is 7. The number of hydrogen-bond donors (Lipinski definition) is 3. The third-order valence-corrected chi connectivity index (χ3v) is 18.3. The molecule has 0 radical (unpaired) electrons. The fourth-order valence-electron chi connectivity index (χ4n) is 12.3. The average Bonchev–Trinajstić information content (AvgIpc) is 3.54. The molecule has 0 aliphatic rings. The van der Waals surface area contributed by atoms with Crippen molar-refractivity contribution >= 4 is 11.9 Å². The van der Waals surface area contributed by atoms with Crippen LogP contribution < -0.4 is 5.32 Å². The summed E-state index contributed by atoms with van der Waals surface area (Å²) < 4.78 is 5.48. The molecule has 0 heterocycles. The number of hydrogen-bond acceptors (Lipinski definition) is 5. The smallest absolute Gasteiger partial charge is 0.305 e. The Bertz CT molecular complexity index is 1450. The average molecular weight is 1220 g/mol. The van der Waals surface area contributed by atoms with Crippen molar-refractivity contribution in [2.45, 2.75) is 443 Å². The lowest BCUT2D eigenvalue weighted by atomic mass is 10.0. The molecule has 6 nitrogen and oxygen atoms in total. The Morgan fingerprint density at radius 1 is 0.322 bits per heavy atom. The lowest BCUT2D eigenvalue weighted by Gasteiger charge is -2.20. The van der Waals surface area contributed by atoms with Crippen molar-refractivity contribution in [2.24, 2.45) is 0 Å². The van der Waals surface area contributed by atoms with E-state index in [0.717, 1.165) is 51.4 Å². The number of amides is 1. The number of carbonyl (C=O) groups excluding carboxylic acids is 2. The lowest BCUT2D eigenvalue weighted by Crippen LogP contribution is -2.45. The summed E-state index contributed by atoms with van der Waals surface area (Å²) in [5, 5.41) is 23.3. The number of aliphatic hydroxyl groups is 2. The highest BCUT2D eigenvalue weighted by molar-refractivity contribution is 5.76. The first-order valence-corrected chi connectivity index (χ1v) is 39.4. The molecule has 0 rings (SSSR count). The number of ether oxygens (including phenoxy) is 1. The zero-order valence-electron chi connectivity index (χ0n) is 58.8. The molecule has 0 aromatic heterocycles. The van der Waals surface area contributed by atoms with E-state index in [0.29, 0.717) is 19.4 Å². The number of carbonyl (C=O) groups is 2. The maximum atomic E-state index is 12.5. The van der Waals surface area contributed by atoms with Crippen LogP contribution in [0.2, 0.25) is 0 Å². The van der Waals surface area contributed by atoms with Gasteiger partial charge in [-0.05, 0) is 83.5 Å². The van der Waals surface area contributed by atoms with E-state index in [-0.39, 0.29) is 18.5 Å². The molecule has 0 aliphatic carbocycles. The zero-order chi connectivity index (χ0) is 62.8. The normalized spacial score (nSPS) is 12.7. The van der Waals surface area contributed by atoms with Gasteiger partial charge in [-0.2, -0.15) is 0 Å². The Labute approximate surface area is 544 Å².